The maximum atomic E-state index is 12.7. The summed E-state index contributed by atoms with van der Waals surface area (Å²) in [7, 11) is 0. The number of carbonyl (C=O) groups excluding carboxylic acids is 1. The van der Waals surface area contributed by atoms with Gasteiger partial charge in [-0.2, -0.15) is 13.2 Å². The fourth-order valence-electron chi connectivity index (χ4n) is 2.60. The molecule has 2 rings (SSSR count). The van der Waals surface area contributed by atoms with Crippen molar-refractivity contribution in [1.29, 1.82) is 0 Å². The first-order valence-electron chi connectivity index (χ1n) is 7.55. The van der Waals surface area contributed by atoms with Crippen LogP contribution in [-0.4, -0.2) is 47.7 Å². The lowest BCUT2D eigenvalue weighted by molar-refractivity contribution is -0.158. The number of rotatable bonds is 5. The molecule has 0 saturated carbocycles. The number of ether oxygens (including phenoxy) is 1. The second-order valence-corrected chi connectivity index (χ2v) is 5.57. The van der Waals surface area contributed by atoms with Crippen LogP contribution in [0.4, 0.5) is 13.2 Å². The van der Waals surface area contributed by atoms with Gasteiger partial charge in [0.2, 0.25) is 5.91 Å². The number of nitrogens with zero attached hydrogens (tertiary/aromatic N) is 1. The molecule has 1 amide bonds. The summed E-state index contributed by atoms with van der Waals surface area (Å²) in [5.41, 5.74) is -0.222. The van der Waals surface area contributed by atoms with Crippen LogP contribution in [0.3, 0.4) is 0 Å². The molecule has 1 N–H and O–H groups in total. The van der Waals surface area contributed by atoms with Gasteiger partial charge in [-0.25, -0.2) is 4.79 Å². The van der Waals surface area contributed by atoms with E-state index in [-0.39, 0.29) is 32.1 Å². The molecule has 1 fully saturated rings. The molecule has 1 atom stereocenters. The SMILES string of the molecule is O=C(O)C1COCCN1C(=O)CCCc1cccc(C(F)(F)F)c1. The number of aryl methyl sites for hydroxylation is 1. The highest BCUT2D eigenvalue weighted by atomic mass is 19.4. The van der Waals surface area contributed by atoms with Crippen LogP contribution in [0.2, 0.25) is 0 Å². The first-order valence-corrected chi connectivity index (χ1v) is 7.55. The lowest BCUT2D eigenvalue weighted by Crippen LogP contribution is -2.52. The van der Waals surface area contributed by atoms with E-state index < -0.39 is 23.8 Å². The van der Waals surface area contributed by atoms with Gasteiger partial charge in [0.1, 0.15) is 0 Å². The van der Waals surface area contributed by atoms with Gasteiger partial charge in [-0.05, 0) is 24.5 Å². The third-order valence-electron chi connectivity index (χ3n) is 3.84. The summed E-state index contributed by atoms with van der Waals surface area (Å²) in [6.07, 6.45) is -3.64. The minimum atomic E-state index is -4.39. The number of halogens is 3. The molecule has 1 aromatic carbocycles. The summed E-state index contributed by atoms with van der Waals surface area (Å²) < 4.78 is 43.0. The molecule has 0 aromatic heterocycles. The molecule has 1 aromatic rings. The Hall–Kier alpha value is -2.09. The molecule has 1 aliphatic heterocycles. The zero-order valence-electron chi connectivity index (χ0n) is 12.9. The Balaban J connectivity index is 1.89. The summed E-state index contributed by atoms with van der Waals surface area (Å²) in [6.45, 7) is 0.442. The largest absolute Gasteiger partial charge is 0.480 e. The van der Waals surface area contributed by atoms with Crippen molar-refractivity contribution in [2.24, 2.45) is 0 Å². The fourth-order valence-corrected chi connectivity index (χ4v) is 2.60. The molecular formula is C16H18F3NO4. The van der Waals surface area contributed by atoms with Crippen molar-refractivity contribution in [3.8, 4) is 0 Å². The third kappa shape index (κ3) is 4.70. The molecule has 0 radical (unpaired) electrons. The van der Waals surface area contributed by atoms with Crippen LogP contribution in [0, 0.1) is 0 Å². The van der Waals surface area contributed by atoms with E-state index in [0.29, 0.717) is 18.4 Å². The topological polar surface area (TPSA) is 66.8 Å². The number of hydrogen-bond acceptors (Lipinski definition) is 3. The van der Waals surface area contributed by atoms with Crippen molar-refractivity contribution in [3.63, 3.8) is 0 Å². The molecule has 5 nitrogen and oxygen atoms in total. The van der Waals surface area contributed by atoms with Gasteiger partial charge < -0.3 is 14.7 Å². The van der Waals surface area contributed by atoms with Gasteiger partial charge in [-0.15, -0.1) is 0 Å². The predicted molar refractivity (Wildman–Crippen MR) is 78.3 cm³/mol. The van der Waals surface area contributed by atoms with Gasteiger partial charge >= 0.3 is 12.1 Å². The Morgan fingerprint density at radius 3 is 2.75 bits per heavy atom. The molecule has 0 aliphatic carbocycles. The summed E-state index contributed by atoms with van der Waals surface area (Å²) in [4.78, 5) is 24.5. The van der Waals surface area contributed by atoms with Crippen LogP contribution in [0.1, 0.15) is 24.0 Å². The van der Waals surface area contributed by atoms with Crippen molar-refractivity contribution in [1.82, 2.24) is 4.90 Å². The van der Waals surface area contributed by atoms with Gasteiger partial charge in [0.05, 0.1) is 18.8 Å². The third-order valence-corrected chi connectivity index (χ3v) is 3.84. The highest BCUT2D eigenvalue weighted by molar-refractivity contribution is 5.84. The number of benzene rings is 1. The quantitative estimate of drug-likeness (QED) is 0.890. The van der Waals surface area contributed by atoms with Crippen LogP contribution in [0.15, 0.2) is 24.3 Å². The summed E-state index contributed by atoms with van der Waals surface area (Å²) in [5.74, 6) is -1.45. The Morgan fingerprint density at radius 2 is 2.08 bits per heavy atom. The number of carboxylic acid groups (broad SMARTS) is 1. The zero-order chi connectivity index (χ0) is 17.7. The number of amides is 1. The van der Waals surface area contributed by atoms with Gasteiger partial charge in [0.25, 0.3) is 0 Å². The normalized spacial score (nSPS) is 18.5. The Bertz CT molecular complexity index is 603. The molecule has 0 spiro atoms. The van der Waals surface area contributed by atoms with Gasteiger partial charge in [-0.1, -0.05) is 18.2 Å². The van der Waals surface area contributed by atoms with Crippen LogP contribution >= 0.6 is 0 Å². The Morgan fingerprint density at radius 1 is 1.33 bits per heavy atom. The van der Waals surface area contributed by atoms with Gasteiger partial charge in [0.15, 0.2) is 6.04 Å². The van der Waals surface area contributed by atoms with Gasteiger partial charge in [0, 0.05) is 13.0 Å². The molecule has 8 heteroatoms. The molecule has 132 valence electrons. The summed E-state index contributed by atoms with van der Waals surface area (Å²) in [6, 6.07) is 3.98. The lowest BCUT2D eigenvalue weighted by Gasteiger charge is -2.32. The molecule has 1 heterocycles. The number of carboxylic acids is 1. The van der Waals surface area contributed by atoms with E-state index in [4.69, 9.17) is 9.84 Å². The lowest BCUT2D eigenvalue weighted by atomic mass is 10.0. The smallest absolute Gasteiger partial charge is 0.416 e. The van der Waals surface area contributed by atoms with E-state index in [1.807, 2.05) is 0 Å². The van der Waals surface area contributed by atoms with Crippen LogP contribution in [-0.2, 0) is 26.9 Å². The summed E-state index contributed by atoms with van der Waals surface area (Å²) >= 11 is 0. The summed E-state index contributed by atoms with van der Waals surface area (Å²) in [5, 5.41) is 9.09. The fraction of sp³-hybridized carbons (Fsp3) is 0.500. The predicted octanol–water partition coefficient (Wildman–Crippen LogP) is 2.34. The standard InChI is InChI=1S/C16H18F3NO4/c17-16(18,19)12-5-1-3-11(9-12)4-2-6-14(21)20-7-8-24-10-13(20)15(22)23/h1,3,5,9,13H,2,4,6-8,10H2,(H,22,23). The second-order valence-electron chi connectivity index (χ2n) is 5.57. The maximum absolute atomic E-state index is 12.7. The molecular weight excluding hydrogens is 327 g/mol. The van der Waals surface area contributed by atoms with E-state index in [1.54, 1.807) is 6.07 Å². The number of aliphatic carboxylic acids is 1. The molecule has 1 aliphatic rings. The molecule has 1 unspecified atom stereocenters. The van der Waals surface area contributed by atoms with Crippen molar-refractivity contribution >= 4 is 11.9 Å². The first kappa shape index (κ1) is 18.3. The molecule has 0 bridgehead atoms. The van der Waals surface area contributed by atoms with E-state index >= 15 is 0 Å². The minimum absolute atomic E-state index is 0.0469. The second kappa shape index (κ2) is 7.65. The number of carbonyl (C=O) groups is 2. The molecule has 24 heavy (non-hydrogen) atoms. The van der Waals surface area contributed by atoms with Crippen molar-refractivity contribution in [2.45, 2.75) is 31.5 Å². The van der Waals surface area contributed by atoms with Crippen LogP contribution < -0.4 is 0 Å². The minimum Gasteiger partial charge on any atom is -0.480 e. The Kier molecular flexibility index (Phi) is 5.82. The van der Waals surface area contributed by atoms with Crippen molar-refractivity contribution < 1.29 is 32.6 Å². The highest BCUT2D eigenvalue weighted by Gasteiger charge is 2.32. The Labute approximate surface area is 137 Å². The van der Waals surface area contributed by atoms with Crippen LogP contribution in [0.5, 0.6) is 0 Å². The van der Waals surface area contributed by atoms with Crippen molar-refractivity contribution in [3.05, 3.63) is 35.4 Å². The van der Waals surface area contributed by atoms with E-state index in [2.05, 4.69) is 0 Å². The van der Waals surface area contributed by atoms with Gasteiger partial charge in [-0.3, -0.25) is 4.79 Å². The monoisotopic (exact) mass is 345 g/mol. The highest BCUT2D eigenvalue weighted by Crippen LogP contribution is 2.29. The number of alkyl halides is 3. The number of morpholine rings is 1. The average Bonchev–Trinajstić information content (AvgIpc) is 2.54. The van der Waals surface area contributed by atoms with E-state index in [9.17, 15) is 22.8 Å². The first-order chi connectivity index (χ1) is 11.3. The maximum Gasteiger partial charge on any atom is 0.416 e. The van der Waals surface area contributed by atoms with Crippen molar-refractivity contribution in [2.75, 3.05) is 19.8 Å². The average molecular weight is 345 g/mol. The van der Waals surface area contributed by atoms with Crippen LogP contribution in [0.25, 0.3) is 0 Å². The van der Waals surface area contributed by atoms with E-state index in [1.165, 1.54) is 11.0 Å². The zero-order valence-corrected chi connectivity index (χ0v) is 12.9. The number of hydrogen-bond donors (Lipinski definition) is 1. The molecule has 1 saturated heterocycles. The van der Waals surface area contributed by atoms with E-state index in [0.717, 1.165) is 12.1 Å².